The van der Waals surface area contributed by atoms with E-state index < -0.39 is 0 Å². The van der Waals surface area contributed by atoms with Crippen LogP contribution in [0.25, 0.3) is 20.7 Å². The number of H-pyrrole nitrogens is 1. The number of nitrogens with zero attached hydrogens (tertiary/aromatic N) is 1. The third kappa shape index (κ3) is 4.67. The van der Waals surface area contributed by atoms with Gasteiger partial charge in [-0.05, 0) is 30.0 Å². The van der Waals surface area contributed by atoms with E-state index in [1.807, 2.05) is 35.9 Å². The highest BCUT2D eigenvalue weighted by molar-refractivity contribution is 7.99. The molecule has 0 fully saturated rings. The Morgan fingerprint density at radius 1 is 1.22 bits per heavy atom. The molecule has 0 spiro atoms. The topological polar surface area (TPSA) is 93.3 Å². The summed E-state index contributed by atoms with van der Waals surface area (Å²) in [4.78, 5) is 34.3. The van der Waals surface area contributed by atoms with Crippen molar-refractivity contribution in [1.29, 1.82) is 0 Å². The number of rotatable bonds is 8. The molecule has 1 amide bonds. The first-order chi connectivity index (χ1) is 15.5. The summed E-state index contributed by atoms with van der Waals surface area (Å²) in [6.07, 6.45) is 0. The summed E-state index contributed by atoms with van der Waals surface area (Å²) in [5.74, 6) is 2.22. The molecular formula is C22H21N3O4S3. The predicted octanol–water partition coefficient (Wildman–Crippen LogP) is 4.91. The molecule has 166 valence electrons. The van der Waals surface area contributed by atoms with Crippen molar-refractivity contribution in [2.24, 2.45) is 0 Å². The van der Waals surface area contributed by atoms with Crippen molar-refractivity contribution in [2.45, 2.75) is 12.7 Å². The molecule has 0 aliphatic rings. The summed E-state index contributed by atoms with van der Waals surface area (Å²) in [6, 6.07) is 7.52. The van der Waals surface area contributed by atoms with Crippen LogP contribution < -0.4 is 20.3 Å². The second kappa shape index (κ2) is 9.76. The quantitative estimate of drug-likeness (QED) is 0.367. The van der Waals surface area contributed by atoms with Crippen molar-refractivity contribution in [3.8, 4) is 21.9 Å². The fourth-order valence-corrected chi connectivity index (χ4v) is 5.69. The van der Waals surface area contributed by atoms with Gasteiger partial charge in [0.25, 0.3) is 5.56 Å². The zero-order chi connectivity index (χ0) is 22.7. The molecule has 10 heteroatoms. The molecular weight excluding hydrogens is 466 g/mol. The van der Waals surface area contributed by atoms with Gasteiger partial charge in [0.2, 0.25) is 5.91 Å². The summed E-state index contributed by atoms with van der Waals surface area (Å²) < 4.78 is 10.6. The third-order valence-corrected chi connectivity index (χ3v) is 7.48. The summed E-state index contributed by atoms with van der Waals surface area (Å²) >= 11 is 4.43. The van der Waals surface area contributed by atoms with Gasteiger partial charge in [0.15, 0.2) is 11.5 Å². The molecule has 0 radical (unpaired) electrons. The van der Waals surface area contributed by atoms with Gasteiger partial charge in [0, 0.05) is 27.6 Å². The number of aromatic amines is 1. The predicted molar refractivity (Wildman–Crippen MR) is 133 cm³/mol. The van der Waals surface area contributed by atoms with E-state index in [-0.39, 0.29) is 17.2 Å². The van der Waals surface area contributed by atoms with Crippen LogP contribution in [0.5, 0.6) is 11.5 Å². The molecule has 32 heavy (non-hydrogen) atoms. The largest absolute Gasteiger partial charge is 0.493 e. The fraction of sp³-hybridized carbons (Fsp3) is 0.227. The molecule has 7 nitrogen and oxygen atoms in total. The van der Waals surface area contributed by atoms with Gasteiger partial charge in [-0.15, -0.1) is 34.4 Å². The van der Waals surface area contributed by atoms with E-state index in [0.29, 0.717) is 39.0 Å². The lowest BCUT2D eigenvalue weighted by Crippen LogP contribution is -2.16. The van der Waals surface area contributed by atoms with Crippen LogP contribution >= 0.6 is 34.4 Å². The minimum atomic E-state index is -0.152. The maximum atomic E-state index is 12.7. The zero-order valence-electron chi connectivity index (χ0n) is 17.7. The number of hydrogen-bond acceptors (Lipinski definition) is 8. The Balaban J connectivity index is 1.40. The van der Waals surface area contributed by atoms with Crippen LogP contribution in [-0.4, -0.2) is 35.8 Å². The van der Waals surface area contributed by atoms with Crippen LogP contribution in [0.1, 0.15) is 11.4 Å². The summed E-state index contributed by atoms with van der Waals surface area (Å²) in [5.41, 5.74) is 2.30. The van der Waals surface area contributed by atoms with Crippen LogP contribution in [0.15, 0.2) is 39.8 Å². The molecule has 4 aromatic rings. The number of anilines is 1. The van der Waals surface area contributed by atoms with Crippen molar-refractivity contribution in [3.05, 3.63) is 56.8 Å². The lowest BCUT2D eigenvalue weighted by molar-refractivity contribution is -0.113. The van der Waals surface area contributed by atoms with E-state index in [1.165, 1.54) is 23.1 Å². The van der Waals surface area contributed by atoms with Gasteiger partial charge >= 0.3 is 0 Å². The molecule has 3 aromatic heterocycles. The van der Waals surface area contributed by atoms with Crippen LogP contribution in [0.2, 0.25) is 0 Å². The normalized spacial score (nSPS) is 11.0. The van der Waals surface area contributed by atoms with E-state index in [2.05, 4.69) is 15.3 Å². The number of hydrogen-bond donors (Lipinski definition) is 2. The number of carbonyl (C=O) groups is 1. The molecule has 0 aliphatic carbocycles. The molecule has 0 unspecified atom stereocenters. The van der Waals surface area contributed by atoms with Crippen molar-refractivity contribution in [2.75, 3.05) is 25.3 Å². The van der Waals surface area contributed by atoms with Crippen LogP contribution in [0.4, 0.5) is 5.69 Å². The van der Waals surface area contributed by atoms with Gasteiger partial charge in [-0.3, -0.25) is 9.59 Å². The standard InChI is InChI=1S/C22H21N3O4S3/c1-12-7-15(28-2)16(29-3)8-14(12)23-19(26)11-30-10-18-24-21(27)20-13(9-32-22(20)25-18)17-5-4-6-31-17/h4-9H,10-11H2,1-3H3,(H,23,26)(H,24,25,27). The van der Waals surface area contributed by atoms with Gasteiger partial charge in [-0.25, -0.2) is 4.98 Å². The van der Waals surface area contributed by atoms with E-state index in [9.17, 15) is 9.59 Å². The van der Waals surface area contributed by atoms with Crippen LogP contribution in [-0.2, 0) is 10.5 Å². The smallest absolute Gasteiger partial charge is 0.260 e. The number of amides is 1. The Bertz CT molecular complexity index is 1310. The maximum Gasteiger partial charge on any atom is 0.260 e. The lowest BCUT2D eigenvalue weighted by Gasteiger charge is -2.13. The van der Waals surface area contributed by atoms with E-state index in [1.54, 1.807) is 31.6 Å². The summed E-state index contributed by atoms with van der Waals surface area (Å²) in [7, 11) is 3.12. The molecule has 0 saturated carbocycles. The van der Waals surface area contributed by atoms with Crippen LogP contribution in [0, 0.1) is 6.92 Å². The van der Waals surface area contributed by atoms with E-state index in [4.69, 9.17) is 9.47 Å². The van der Waals surface area contributed by atoms with Gasteiger partial charge in [0.1, 0.15) is 10.7 Å². The molecule has 0 atom stereocenters. The Kier molecular flexibility index (Phi) is 6.83. The van der Waals surface area contributed by atoms with Crippen molar-refractivity contribution >= 4 is 56.2 Å². The third-order valence-electron chi connectivity index (χ3n) is 4.76. The summed E-state index contributed by atoms with van der Waals surface area (Å²) in [6.45, 7) is 1.89. The molecule has 4 rings (SSSR count). The molecule has 3 heterocycles. The van der Waals surface area contributed by atoms with Crippen molar-refractivity contribution in [1.82, 2.24) is 9.97 Å². The van der Waals surface area contributed by atoms with Gasteiger partial charge in [-0.1, -0.05) is 6.07 Å². The monoisotopic (exact) mass is 487 g/mol. The fourth-order valence-electron chi connectivity index (χ4n) is 3.22. The summed E-state index contributed by atoms with van der Waals surface area (Å²) in [5, 5.41) is 7.47. The Hall–Kier alpha value is -2.82. The number of thioether (sulfide) groups is 1. The number of thiophene rings is 2. The lowest BCUT2D eigenvalue weighted by atomic mass is 10.1. The second-order valence-corrected chi connectivity index (χ2v) is 9.67. The Morgan fingerprint density at radius 3 is 2.72 bits per heavy atom. The number of nitrogens with one attached hydrogen (secondary N) is 2. The Labute approximate surface area is 196 Å². The number of aromatic nitrogens is 2. The minimum absolute atomic E-state index is 0.148. The number of carbonyl (C=O) groups excluding carboxylic acids is 1. The average Bonchev–Trinajstić information content (AvgIpc) is 3.44. The first kappa shape index (κ1) is 22.4. The minimum Gasteiger partial charge on any atom is -0.493 e. The SMILES string of the molecule is COc1cc(C)c(NC(=O)CSCc2nc3scc(-c4cccs4)c3c(=O)[nH]2)cc1OC. The molecule has 0 bridgehead atoms. The molecule has 2 N–H and O–H groups in total. The number of aryl methyl sites for hydroxylation is 1. The Morgan fingerprint density at radius 2 is 2.00 bits per heavy atom. The van der Waals surface area contributed by atoms with E-state index in [0.717, 1.165) is 16.0 Å². The number of benzene rings is 1. The van der Waals surface area contributed by atoms with Crippen LogP contribution in [0.3, 0.4) is 0 Å². The second-order valence-electron chi connectivity index (χ2n) is 6.88. The zero-order valence-corrected chi connectivity index (χ0v) is 20.1. The van der Waals surface area contributed by atoms with Gasteiger partial charge in [-0.2, -0.15) is 0 Å². The first-order valence-electron chi connectivity index (χ1n) is 9.64. The maximum absolute atomic E-state index is 12.7. The van der Waals surface area contributed by atoms with Crippen molar-refractivity contribution < 1.29 is 14.3 Å². The highest BCUT2D eigenvalue weighted by Crippen LogP contribution is 2.34. The van der Waals surface area contributed by atoms with Crippen molar-refractivity contribution in [3.63, 3.8) is 0 Å². The highest BCUT2D eigenvalue weighted by Gasteiger charge is 2.15. The number of methoxy groups -OCH3 is 2. The van der Waals surface area contributed by atoms with E-state index >= 15 is 0 Å². The molecule has 1 aromatic carbocycles. The average molecular weight is 488 g/mol. The number of ether oxygens (including phenoxy) is 2. The van der Waals surface area contributed by atoms with Gasteiger partial charge < -0.3 is 19.8 Å². The number of fused-ring (bicyclic) bond motifs is 1. The highest BCUT2D eigenvalue weighted by atomic mass is 32.2. The molecule has 0 aliphatic heterocycles. The molecule has 0 saturated heterocycles. The van der Waals surface area contributed by atoms with Gasteiger partial charge in [0.05, 0.1) is 31.1 Å². The first-order valence-corrected chi connectivity index (χ1v) is 12.6.